The molecule has 0 bridgehead atoms. The summed E-state index contributed by atoms with van der Waals surface area (Å²) < 4.78 is 0. The highest BCUT2D eigenvalue weighted by atomic mass is 32.1. The van der Waals surface area contributed by atoms with Gasteiger partial charge in [-0.25, -0.2) is 9.78 Å². The lowest BCUT2D eigenvalue weighted by Gasteiger charge is -2.37. The van der Waals surface area contributed by atoms with Gasteiger partial charge in [0.15, 0.2) is 5.69 Å². The van der Waals surface area contributed by atoms with Crippen LogP contribution < -0.4 is 5.32 Å². The lowest BCUT2D eigenvalue weighted by atomic mass is 9.93. The van der Waals surface area contributed by atoms with E-state index in [2.05, 4.69) is 29.0 Å². The van der Waals surface area contributed by atoms with Gasteiger partial charge in [-0.1, -0.05) is 40.5 Å². The van der Waals surface area contributed by atoms with Crippen molar-refractivity contribution in [2.24, 2.45) is 11.8 Å². The Kier molecular flexibility index (Phi) is 10.3. The number of likely N-dealkylation sites (N-methyl/N-ethyl adjacent to an activating group) is 2. The molecule has 9 heteroatoms. The molecule has 33 heavy (non-hydrogen) atoms. The number of thiazole rings is 1. The second-order valence-electron chi connectivity index (χ2n) is 9.59. The van der Waals surface area contributed by atoms with Gasteiger partial charge in [0.25, 0.3) is 0 Å². The number of aromatic carboxylic acids is 1. The van der Waals surface area contributed by atoms with Gasteiger partial charge in [0.1, 0.15) is 6.04 Å². The van der Waals surface area contributed by atoms with Crippen molar-refractivity contribution in [1.29, 1.82) is 0 Å². The Hall–Kier alpha value is -2.00. The molecule has 0 saturated carbocycles. The van der Waals surface area contributed by atoms with E-state index in [-0.39, 0.29) is 41.4 Å². The number of amides is 2. The number of aryl methyl sites for hydroxylation is 1. The quantitative estimate of drug-likeness (QED) is 0.504. The summed E-state index contributed by atoms with van der Waals surface area (Å²) in [6.07, 6.45) is 5.01. The molecule has 0 aromatic carbocycles. The minimum atomic E-state index is -1.03. The topological polar surface area (TPSA) is 103 Å². The van der Waals surface area contributed by atoms with Gasteiger partial charge < -0.3 is 15.3 Å². The summed E-state index contributed by atoms with van der Waals surface area (Å²) in [4.78, 5) is 45.8. The van der Waals surface area contributed by atoms with Gasteiger partial charge in [0.05, 0.1) is 11.0 Å². The van der Waals surface area contributed by atoms with Crippen LogP contribution in [0.4, 0.5) is 0 Å². The molecule has 8 nitrogen and oxygen atoms in total. The Bertz CT molecular complexity index is 812. The van der Waals surface area contributed by atoms with Crippen LogP contribution in [0.5, 0.6) is 0 Å². The number of nitrogens with one attached hydrogen (secondary N) is 1. The summed E-state index contributed by atoms with van der Waals surface area (Å²) in [5.74, 6) is -0.936. The van der Waals surface area contributed by atoms with Crippen LogP contribution in [0.1, 0.15) is 75.3 Å². The minimum Gasteiger partial charge on any atom is -0.476 e. The van der Waals surface area contributed by atoms with E-state index in [0.29, 0.717) is 12.8 Å². The Morgan fingerprint density at radius 2 is 2.00 bits per heavy atom. The van der Waals surface area contributed by atoms with E-state index in [1.807, 2.05) is 27.9 Å². The zero-order chi connectivity index (χ0) is 24.7. The van der Waals surface area contributed by atoms with Crippen molar-refractivity contribution in [3.8, 4) is 0 Å². The predicted octanol–water partition coefficient (Wildman–Crippen LogP) is 3.27. The van der Waals surface area contributed by atoms with E-state index in [4.69, 9.17) is 5.11 Å². The van der Waals surface area contributed by atoms with Crippen molar-refractivity contribution in [2.75, 3.05) is 20.6 Å². The number of carboxylic acids is 1. The predicted molar refractivity (Wildman–Crippen MR) is 130 cm³/mol. The monoisotopic (exact) mass is 480 g/mol. The molecule has 0 unspecified atom stereocenters. The Morgan fingerprint density at radius 3 is 2.55 bits per heavy atom. The van der Waals surface area contributed by atoms with Gasteiger partial charge in [0.2, 0.25) is 11.8 Å². The van der Waals surface area contributed by atoms with Gasteiger partial charge in [-0.05, 0) is 44.7 Å². The number of nitrogens with zero attached hydrogens (tertiary/aromatic N) is 3. The van der Waals surface area contributed by atoms with Crippen molar-refractivity contribution in [2.45, 2.75) is 84.3 Å². The van der Waals surface area contributed by atoms with E-state index in [0.717, 1.165) is 37.2 Å². The zero-order valence-corrected chi connectivity index (χ0v) is 21.7. The van der Waals surface area contributed by atoms with Gasteiger partial charge in [-0.3, -0.25) is 14.5 Å². The number of carbonyl (C=O) groups excluding carboxylic acids is 2. The van der Waals surface area contributed by atoms with Crippen LogP contribution in [0.2, 0.25) is 0 Å². The van der Waals surface area contributed by atoms with Crippen LogP contribution in [0.25, 0.3) is 0 Å². The third kappa shape index (κ3) is 7.24. The largest absolute Gasteiger partial charge is 0.476 e. The molecular weight excluding hydrogens is 440 g/mol. The molecule has 2 rings (SSSR count). The number of aromatic nitrogens is 1. The van der Waals surface area contributed by atoms with E-state index in [1.165, 1.54) is 11.3 Å². The summed E-state index contributed by atoms with van der Waals surface area (Å²) >= 11 is 1.33. The van der Waals surface area contributed by atoms with Crippen molar-refractivity contribution < 1.29 is 19.5 Å². The Balaban J connectivity index is 2.11. The molecule has 0 spiro atoms. The fourth-order valence-electron chi connectivity index (χ4n) is 4.49. The summed E-state index contributed by atoms with van der Waals surface area (Å²) in [5.41, 5.74) is 0.0627. The molecule has 4 atom stereocenters. The molecule has 1 aliphatic rings. The van der Waals surface area contributed by atoms with Crippen LogP contribution in [-0.4, -0.2) is 76.4 Å². The van der Waals surface area contributed by atoms with Crippen LogP contribution in [0, 0.1) is 11.8 Å². The first kappa shape index (κ1) is 27.2. The number of hydrogen-bond acceptors (Lipinski definition) is 6. The van der Waals surface area contributed by atoms with Crippen LogP contribution in [-0.2, 0) is 16.0 Å². The molecule has 1 aromatic heterocycles. The Labute approximate surface area is 201 Å². The highest BCUT2D eigenvalue weighted by molar-refractivity contribution is 7.09. The average Bonchev–Trinajstić information content (AvgIpc) is 3.25. The van der Waals surface area contributed by atoms with E-state index in [1.54, 1.807) is 10.3 Å². The number of piperidine rings is 1. The first-order chi connectivity index (χ1) is 15.6. The first-order valence-corrected chi connectivity index (χ1v) is 12.9. The molecule has 1 fully saturated rings. The van der Waals surface area contributed by atoms with Crippen molar-refractivity contribution in [3.63, 3.8) is 0 Å². The van der Waals surface area contributed by atoms with Crippen LogP contribution >= 0.6 is 11.3 Å². The number of carbonyl (C=O) groups is 3. The molecule has 0 aliphatic carbocycles. The zero-order valence-electron chi connectivity index (χ0n) is 20.8. The van der Waals surface area contributed by atoms with Gasteiger partial charge in [0, 0.05) is 24.9 Å². The van der Waals surface area contributed by atoms with E-state index < -0.39 is 12.0 Å². The molecule has 1 aliphatic heterocycles. The molecule has 186 valence electrons. The summed E-state index contributed by atoms with van der Waals surface area (Å²) in [7, 11) is 3.78. The maximum atomic E-state index is 13.6. The minimum absolute atomic E-state index is 0.0164. The van der Waals surface area contributed by atoms with E-state index >= 15 is 0 Å². The Morgan fingerprint density at radius 1 is 1.30 bits per heavy atom. The number of carboxylic acid groups (broad SMARTS) is 1. The number of likely N-dealkylation sites (tertiary alicyclic amines) is 1. The van der Waals surface area contributed by atoms with Gasteiger partial charge >= 0.3 is 5.97 Å². The van der Waals surface area contributed by atoms with Crippen molar-refractivity contribution >= 4 is 29.1 Å². The fraction of sp³-hybridized carbons (Fsp3) is 0.750. The SMILES string of the molecule is CC[C@H](C)[C@H](NC(=O)[C@H]1CCCCN1C)C(=O)N(C)[C@H](CCc1nc(C(=O)O)cs1)C(C)C. The summed E-state index contributed by atoms with van der Waals surface area (Å²) in [6.45, 7) is 9.09. The van der Waals surface area contributed by atoms with Crippen LogP contribution in [0.15, 0.2) is 5.38 Å². The summed E-state index contributed by atoms with van der Waals surface area (Å²) in [6, 6.07) is -0.796. The molecule has 2 amide bonds. The maximum Gasteiger partial charge on any atom is 0.355 e. The molecule has 1 saturated heterocycles. The van der Waals surface area contributed by atoms with Gasteiger partial charge in [-0.2, -0.15) is 0 Å². The highest BCUT2D eigenvalue weighted by Gasteiger charge is 2.35. The first-order valence-electron chi connectivity index (χ1n) is 12.0. The molecule has 0 radical (unpaired) electrons. The fourth-order valence-corrected chi connectivity index (χ4v) is 5.28. The summed E-state index contributed by atoms with van der Waals surface area (Å²) in [5, 5.41) is 14.5. The van der Waals surface area contributed by atoms with Crippen molar-refractivity contribution in [1.82, 2.24) is 20.1 Å². The third-order valence-electron chi connectivity index (χ3n) is 6.89. The molecular formula is C24H40N4O4S. The standard InChI is InChI=1S/C24H40N4O4S/c1-7-16(4)21(26-22(29)19-10-8-9-13-27(19)5)23(30)28(6)18(15(2)3)11-12-20-25-17(14-33-20)24(31)32/h14-16,18-19,21H,7-13H2,1-6H3,(H,26,29)(H,31,32)/t16-,18+,19+,21-/m0/s1. The van der Waals surface area contributed by atoms with Gasteiger partial charge in [-0.15, -0.1) is 11.3 Å². The lowest BCUT2D eigenvalue weighted by molar-refractivity contribution is -0.140. The highest BCUT2D eigenvalue weighted by Crippen LogP contribution is 2.22. The van der Waals surface area contributed by atoms with Crippen molar-refractivity contribution in [3.05, 3.63) is 16.1 Å². The van der Waals surface area contributed by atoms with E-state index in [9.17, 15) is 14.4 Å². The molecule has 2 N–H and O–H groups in total. The number of hydrogen-bond donors (Lipinski definition) is 2. The second-order valence-corrected chi connectivity index (χ2v) is 10.5. The third-order valence-corrected chi connectivity index (χ3v) is 7.80. The van der Waals surface area contributed by atoms with Crippen LogP contribution in [0.3, 0.4) is 0 Å². The number of rotatable bonds is 11. The average molecular weight is 481 g/mol. The normalized spacial score (nSPS) is 19.7. The lowest BCUT2D eigenvalue weighted by Crippen LogP contribution is -2.57. The molecule has 1 aromatic rings. The second kappa shape index (κ2) is 12.5. The smallest absolute Gasteiger partial charge is 0.355 e. The maximum absolute atomic E-state index is 13.6. The molecule has 2 heterocycles.